The Morgan fingerprint density at radius 2 is 0.788 bits per heavy atom. The molecule has 0 bridgehead atoms. The third-order valence-corrected chi connectivity index (χ3v) is 5.43. The largest absolute Gasteiger partial charge is 0.352 e. The van der Waals surface area contributed by atoms with Gasteiger partial charge < -0.3 is 10.6 Å². The van der Waals surface area contributed by atoms with Crippen molar-refractivity contribution in [1.29, 1.82) is 0 Å². The molecular weight excluding hydrogens is 408 g/mol. The number of carbonyl (C=O) groups excluding carboxylic acids is 2. The SMILES string of the molecule is O=C(NCCCNC(=O)c1ccc(-c2ccccc2)cc1)c1ccc(-c2ccccc2)cc1. The fourth-order valence-corrected chi connectivity index (χ4v) is 3.59. The van der Waals surface area contributed by atoms with Gasteiger partial charge in [0.25, 0.3) is 11.8 Å². The van der Waals surface area contributed by atoms with Crippen LogP contribution < -0.4 is 10.6 Å². The lowest BCUT2D eigenvalue weighted by Crippen LogP contribution is -2.29. The van der Waals surface area contributed by atoms with Crippen LogP contribution in [0.2, 0.25) is 0 Å². The lowest BCUT2D eigenvalue weighted by molar-refractivity contribution is 0.0952. The molecule has 164 valence electrons. The smallest absolute Gasteiger partial charge is 0.251 e. The number of rotatable bonds is 8. The summed E-state index contributed by atoms with van der Waals surface area (Å²) in [6.07, 6.45) is 0.654. The molecule has 4 rings (SSSR count). The minimum absolute atomic E-state index is 0.113. The van der Waals surface area contributed by atoms with E-state index in [-0.39, 0.29) is 11.8 Å². The lowest BCUT2D eigenvalue weighted by Gasteiger charge is -2.08. The van der Waals surface area contributed by atoms with E-state index in [0.29, 0.717) is 30.6 Å². The van der Waals surface area contributed by atoms with Crippen LogP contribution in [0.25, 0.3) is 22.3 Å². The topological polar surface area (TPSA) is 58.2 Å². The number of benzene rings is 4. The maximum atomic E-state index is 12.4. The lowest BCUT2D eigenvalue weighted by atomic mass is 10.0. The Kier molecular flexibility index (Phi) is 7.29. The minimum Gasteiger partial charge on any atom is -0.352 e. The van der Waals surface area contributed by atoms with Crippen LogP contribution in [-0.2, 0) is 0 Å². The van der Waals surface area contributed by atoms with Gasteiger partial charge in [-0.25, -0.2) is 0 Å². The molecule has 4 aromatic rings. The highest BCUT2D eigenvalue weighted by Crippen LogP contribution is 2.20. The summed E-state index contributed by atoms with van der Waals surface area (Å²) in [5, 5.41) is 5.81. The zero-order valence-corrected chi connectivity index (χ0v) is 18.3. The molecule has 0 atom stereocenters. The molecule has 0 aliphatic carbocycles. The van der Waals surface area contributed by atoms with Gasteiger partial charge in [0.15, 0.2) is 0 Å². The van der Waals surface area contributed by atoms with E-state index in [0.717, 1.165) is 22.3 Å². The summed E-state index contributed by atoms with van der Waals surface area (Å²) < 4.78 is 0. The number of carbonyl (C=O) groups is 2. The van der Waals surface area contributed by atoms with E-state index in [1.54, 1.807) is 0 Å². The van der Waals surface area contributed by atoms with Crippen LogP contribution in [0.1, 0.15) is 27.1 Å². The van der Waals surface area contributed by atoms with Gasteiger partial charge in [0.05, 0.1) is 0 Å². The van der Waals surface area contributed by atoms with Crippen molar-refractivity contribution in [2.75, 3.05) is 13.1 Å². The molecule has 4 aromatic carbocycles. The molecule has 4 heteroatoms. The summed E-state index contributed by atoms with van der Waals surface area (Å²) in [4.78, 5) is 24.7. The predicted octanol–water partition coefficient (Wildman–Crippen LogP) is 5.57. The van der Waals surface area contributed by atoms with Crippen molar-refractivity contribution in [3.63, 3.8) is 0 Å². The molecule has 33 heavy (non-hydrogen) atoms. The fraction of sp³-hybridized carbons (Fsp3) is 0.103. The Labute approximate surface area is 194 Å². The van der Waals surface area contributed by atoms with Crippen LogP contribution >= 0.6 is 0 Å². The Bertz CT molecular complexity index is 1090. The fourth-order valence-electron chi connectivity index (χ4n) is 3.59. The second kappa shape index (κ2) is 10.9. The molecule has 0 radical (unpaired) electrons. The monoisotopic (exact) mass is 434 g/mol. The van der Waals surface area contributed by atoms with Crippen LogP contribution in [0.3, 0.4) is 0 Å². The van der Waals surface area contributed by atoms with Gasteiger partial charge in [-0.1, -0.05) is 84.9 Å². The minimum atomic E-state index is -0.113. The highest BCUT2D eigenvalue weighted by Gasteiger charge is 2.07. The zero-order valence-electron chi connectivity index (χ0n) is 18.3. The second-order valence-corrected chi connectivity index (χ2v) is 7.75. The molecule has 0 saturated heterocycles. The van der Waals surface area contributed by atoms with Crippen LogP contribution in [-0.4, -0.2) is 24.9 Å². The first kappa shape index (κ1) is 22.0. The first-order valence-electron chi connectivity index (χ1n) is 11.1. The van der Waals surface area contributed by atoms with Gasteiger partial charge in [-0.3, -0.25) is 9.59 Å². The van der Waals surface area contributed by atoms with Crippen LogP contribution in [0.15, 0.2) is 109 Å². The summed E-state index contributed by atoms with van der Waals surface area (Å²) in [6, 6.07) is 35.2. The second-order valence-electron chi connectivity index (χ2n) is 7.75. The first-order valence-corrected chi connectivity index (χ1v) is 11.1. The molecular formula is C29H26N2O2. The average molecular weight is 435 g/mol. The molecule has 2 N–H and O–H groups in total. The molecule has 4 nitrogen and oxygen atoms in total. The summed E-state index contributed by atoms with van der Waals surface area (Å²) >= 11 is 0. The zero-order chi connectivity index (χ0) is 22.9. The Hall–Kier alpha value is -4.18. The summed E-state index contributed by atoms with van der Waals surface area (Å²) in [5.74, 6) is -0.227. The standard InChI is InChI=1S/C29H26N2O2/c32-28(26-16-12-24(13-17-26)22-8-3-1-4-9-22)30-20-7-21-31-29(33)27-18-14-25(15-19-27)23-10-5-2-6-11-23/h1-6,8-19H,7,20-21H2,(H,30,32)(H,31,33). The Morgan fingerprint density at radius 1 is 0.455 bits per heavy atom. The molecule has 0 spiro atoms. The first-order chi connectivity index (χ1) is 16.2. The van der Waals surface area contributed by atoms with Gasteiger partial charge in [0.2, 0.25) is 0 Å². The van der Waals surface area contributed by atoms with E-state index < -0.39 is 0 Å². The van der Waals surface area contributed by atoms with E-state index >= 15 is 0 Å². The van der Waals surface area contributed by atoms with E-state index in [9.17, 15) is 9.59 Å². The van der Waals surface area contributed by atoms with Gasteiger partial charge >= 0.3 is 0 Å². The van der Waals surface area contributed by atoms with Crippen molar-refractivity contribution in [1.82, 2.24) is 10.6 Å². The maximum Gasteiger partial charge on any atom is 0.251 e. The van der Waals surface area contributed by atoms with E-state index in [1.807, 2.05) is 109 Å². The van der Waals surface area contributed by atoms with Crippen LogP contribution in [0.5, 0.6) is 0 Å². The van der Waals surface area contributed by atoms with Crippen molar-refractivity contribution in [2.45, 2.75) is 6.42 Å². The van der Waals surface area contributed by atoms with Crippen molar-refractivity contribution in [3.8, 4) is 22.3 Å². The van der Waals surface area contributed by atoms with E-state index in [1.165, 1.54) is 0 Å². The van der Waals surface area contributed by atoms with Gasteiger partial charge in [0.1, 0.15) is 0 Å². The third-order valence-electron chi connectivity index (χ3n) is 5.43. The van der Waals surface area contributed by atoms with E-state index in [2.05, 4.69) is 10.6 Å². The average Bonchev–Trinajstić information content (AvgIpc) is 2.89. The molecule has 0 aliphatic rings. The molecule has 0 heterocycles. The molecule has 0 aromatic heterocycles. The molecule has 2 amide bonds. The number of amides is 2. The van der Waals surface area contributed by atoms with Crippen molar-refractivity contribution in [3.05, 3.63) is 120 Å². The van der Waals surface area contributed by atoms with Crippen molar-refractivity contribution in [2.24, 2.45) is 0 Å². The molecule has 0 saturated carbocycles. The van der Waals surface area contributed by atoms with Gasteiger partial charge in [0, 0.05) is 24.2 Å². The van der Waals surface area contributed by atoms with Crippen LogP contribution in [0.4, 0.5) is 0 Å². The quantitative estimate of drug-likeness (QED) is 0.356. The van der Waals surface area contributed by atoms with Gasteiger partial charge in [-0.05, 0) is 52.9 Å². The maximum absolute atomic E-state index is 12.4. The van der Waals surface area contributed by atoms with Crippen molar-refractivity contribution < 1.29 is 9.59 Å². The summed E-state index contributed by atoms with van der Waals surface area (Å²) in [5.41, 5.74) is 5.64. The van der Waals surface area contributed by atoms with Crippen molar-refractivity contribution >= 4 is 11.8 Å². The molecule has 0 aliphatic heterocycles. The predicted molar refractivity (Wildman–Crippen MR) is 133 cm³/mol. The highest BCUT2D eigenvalue weighted by molar-refractivity contribution is 5.95. The molecule has 0 unspecified atom stereocenters. The number of hydrogen-bond acceptors (Lipinski definition) is 2. The third kappa shape index (κ3) is 5.95. The number of hydrogen-bond donors (Lipinski definition) is 2. The Morgan fingerprint density at radius 3 is 1.15 bits per heavy atom. The van der Waals surface area contributed by atoms with Crippen LogP contribution in [0, 0.1) is 0 Å². The molecule has 0 fully saturated rings. The van der Waals surface area contributed by atoms with E-state index in [4.69, 9.17) is 0 Å². The normalized spacial score (nSPS) is 10.4. The highest BCUT2D eigenvalue weighted by atomic mass is 16.2. The van der Waals surface area contributed by atoms with Gasteiger partial charge in [-0.2, -0.15) is 0 Å². The van der Waals surface area contributed by atoms with Gasteiger partial charge in [-0.15, -0.1) is 0 Å². The number of nitrogens with one attached hydrogen (secondary N) is 2. The summed E-state index contributed by atoms with van der Waals surface area (Å²) in [6.45, 7) is 0.985. The Balaban J connectivity index is 1.19. The summed E-state index contributed by atoms with van der Waals surface area (Å²) in [7, 11) is 0.